The number of carbonyl (C=O) groups excluding carboxylic acids is 2. The van der Waals surface area contributed by atoms with E-state index in [0.717, 1.165) is 48.9 Å². The minimum atomic E-state index is -5.90. The summed E-state index contributed by atoms with van der Waals surface area (Å²) in [5.41, 5.74) is 9.05. The number of rotatable bonds is 16. The molecule has 0 spiro atoms. The van der Waals surface area contributed by atoms with E-state index in [-0.39, 0.29) is 42.7 Å². The molecule has 1 aromatic heterocycles. The molecule has 3 aromatic rings. The molecular weight excluding hydrogens is 971 g/mol. The normalized spacial score (nSPS) is 19.6. The maximum absolute atomic E-state index is 14.1. The Labute approximate surface area is 392 Å². The van der Waals surface area contributed by atoms with Gasteiger partial charge in [-0.1, -0.05) is 36.1 Å². The van der Waals surface area contributed by atoms with Gasteiger partial charge in [0.15, 0.2) is 6.23 Å². The number of aromatic nitrogens is 2. The van der Waals surface area contributed by atoms with Crippen LogP contribution >= 0.6 is 34.8 Å². The summed E-state index contributed by atoms with van der Waals surface area (Å²) in [6.07, 6.45) is -5.82. The Morgan fingerprint density at radius 2 is 1.72 bits per heavy atom. The number of amides is 2. The number of nitrogens with one attached hydrogen (secondary N) is 1. The number of aliphatic hydroxyl groups excluding tert-OH is 2. The lowest BCUT2D eigenvalue weighted by molar-refractivity contribution is -0.212. The summed E-state index contributed by atoms with van der Waals surface area (Å²) < 4.78 is 55.2. The van der Waals surface area contributed by atoms with E-state index in [1.165, 1.54) is 0 Å². The second kappa shape index (κ2) is 21.2. The number of hydrogen-bond donors (Lipinski definition) is 7. The molecule has 23 nitrogen and oxygen atoms in total. The Kier molecular flexibility index (Phi) is 16.3. The van der Waals surface area contributed by atoms with Crippen LogP contribution in [0.3, 0.4) is 0 Å². The van der Waals surface area contributed by atoms with Gasteiger partial charge in [-0.15, -0.1) is 11.3 Å². The zero-order chi connectivity index (χ0) is 49.9. The molecule has 68 heavy (non-hydrogen) atoms. The zero-order valence-electron chi connectivity index (χ0n) is 37.0. The first-order chi connectivity index (χ1) is 31.8. The van der Waals surface area contributed by atoms with Crippen molar-refractivity contribution in [3.63, 3.8) is 0 Å². The number of nitrogens with zero attached hydrogens (tertiary/aromatic N) is 5. The first-order valence-electron chi connectivity index (χ1n) is 20.3. The van der Waals surface area contributed by atoms with Gasteiger partial charge in [0, 0.05) is 84.2 Å². The van der Waals surface area contributed by atoms with Gasteiger partial charge in [-0.3, -0.25) is 23.2 Å². The molecule has 3 unspecified atom stereocenters. The number of anilines is 2. The monoisotopic (exact) mass is 1020 g/mol. The number of phosphoric ester groups is 1. The molecule has 2 aromatic carbocycles. The van der Waals surface area contributed by atoms with Crippen LogP contribution in [0.5, 0.6) is 0 Å². The number of nitrogens with two attached hydrogens (primary N) is 1. The van der Waals surface area contributed by atoms with Gasteiger partial charge < -0.3 is 55.4 Å². The minimum absolute atomic E-state index is 0.0488. The van der Waals surface area contributed by atoms with Gasteiger partial charge in [-0.25, -0.2) is 22.8 Å². The molecule has 364 valence electrons. The molecule has 0 saturated carbocycles. The highest BCUT2D eigenvalue weighted by atomic mass is 32.1. The lowest BCUT2D eigenvalue weighted by Gasteiger charge is -2.22. The highest BCUT2D eigenvalue weighted by Gasteiger charge is 2.46. The maximum Gasteiger partial charge on any atom is 0.487 e. The van der Waals surface area contributed by atoms with Crippen LogP contribution in [0.25, 0.3) is 31.7 Å². The van der Waals surface area contributed by atoms with E-state index < -0.39 is 60.3 Å². The topological polar surface area (TPSA) is 329 Å². The predicted molar refractivity (Wildman–Crippen MR) is 248 cm³/mol. The summed E-state index contributed by atoms with van der Waals surface area (Å²) in [6, 6.07) is 20.1. The number of nitrogen functional groups attached to an aromatic ring is 1. The smallest absolute Gasteiger partial charge is 0.487 e. The van der Waals surface area contributed by atoms with Crippen molar-refractivity contribution in [3.05, 3.63) is 93.8 Å². The molecule has 1 aliphatic carbocycles. The molecule has 0 bridgehead atoms. The van der Waals surface area contributed by atoms with E-state index in [1.807, 2.05) is 55.9 Å². The first-order valence-corrected chi connectivity index (χ1v) is 25.6. The van der Waals surface area contributed by atoms with Gasteiger partial charge in [0.25, 0.3) is 13.7 Å². The molecule has 2 amide bonds. The summed E-state index contributed by atoms with van der Waals surface area (Å²) in [6.45, 7) is -1.05. The predicted octanol–water partition coefficient (Wildman–Crippen LogP) is 1.26. The molecule has 3 heterocycles. The molecule has 27 heteroatoms. The maximum atomic E-state index is 14.1. The lowest BCUT2D eigenvalue weighted by atomic mass is 9.91. The fraction of sp³-hybridized carbons (Fsp3) is 0.341. The van der Waals surface area contributed by atoms with Crippen molar-refractivity contribution in [2.24, 2.45) is 0 Å². The van der Waals surface area contributed by atoms with Crippen molar-refractivity contribution in [3.8, 4) is 33.4 Å². The van der Waals surface area contributed by atoms with E-state index in [0.29, 0.717) is 16.6 Å². The van der Waals surface area contributed by atoms with Crippen LogP contribution in [0.2, 0.25) is 0 Å². The number of benzene rings is 3. The molecule has 1 saturated heterocycles. The third kappa shape index (κ3) is 12.7. The van der Waals surface area contributed by atoms with Crippen molar-refractivity contribution in [2.45, 2.75) is 37.4 Å². The summed E-state index contributed by atoms with van der Waals surface area (Å²) in [7, 11) is -7.81. The van der Waals surface area contributed by atoms with Gasteiger partial charge in [-0.05, 0) is 41.8 Å². The van der Waals surface area contributed by atoms with Crippen LogP contribution in [-0.4, -0.2) is 124 Å². The number of carbonyl (C=O) groups is 2. The van der Waals surface area contributed by atoms with Gasteiger partial charge in [-0.2, -0.15) is 9.29 Å². The lowest BCUT2D eigenvalue weighted by Crippen LogP contribution is -2.36. The average molecular weight is 1020 g/mol. The quantitative estimate of drug-likeness (QED) is 0.0317. The second-order valence-electron chi connectivity index (χ2n) is 15.7. The van der Waals surface area contributed by atoms with Crippen molar-refractivity contribution in [2.75, 3.05) is 65.6 Å². The number of fused-ring (bicyclic) bond motifs is 2. The van der Waals surface area contributed by atoms with Crippen LogP contribution in [0, 0.1) is 11.8 Å². The molecule has 8 N–H and O–H groups in total. The number of ether oxygens (including phenoxy) is 1. The molecule has 1 fully saturated rings. The molecule has 0 radical (unpaired) electrons. The molecule has 6 rings (SSSR count). The standard InChI is InChI=1S/C41H48N7O16P3S/c1-45(2)25-14-16-29-32(20-25)68-33-21-26(46(3)4)15-17-30(33)35(29)27-11-6-7-12-28(27)39(52)47(5)19-9-13-34(49)43-18-8-10-24-22-48(41(53)44-38(24)42)40-37(51)36(50)31(62-40)23-61-66(57,58)64-67(59,60)63-65(54,55)56/h6-7,11-12,14-17,20-22,31,36-37,40,50-51H,9,13,18-19,23H2,1-5H3,(H6-,42,43,44,49,53,54,55,56,57,58,59,60)/t31-,36-,37-,40-/m1/s1. The Morgan fingerprint density at radius 1 is 1.00 bits per heavy atom. The summed E-state index contributed by atoms with van der Waals surface area (Å²) in [5.74, 6) is 4.39. The summed E-state index contributed by atoms with van der Waals surface area (Å²) in [5, 5.41) is 25.8. The van der Waals surface area contributed by atoms with Crippen LogP contribution in [-0.2, 0) is 36.4 Å². The van der Waals surface area contributed by atoms with E-state index in [4.69, 9.17) is 15.4 Å². The van der Waals surface area contributed by atoms with E-state index in [1.54, 1.807) is 29.4 Å². The van der Waals surface area contributed by atoms with Gasteiger partial charge in [0.1, 0.15) is 38.2 Å². The number of phosphoric acid groups is 3. The molecule has 2 aliphatic heterocycles. The summed E-state index contributed by atoms with van der Waals surface area (Å²) in [4.78, 5) is 86.3. The van der Waals surface area contributed by atoms with Gasteiger partial charge in [0.05, 0.1) is 18.7 Å². The van der Waals surface area contributed by atoms with Crippen LogP contribution in [0.15, 0.2) is 71.7 Å². The van der Waals surface area contributed by atoms with Crippen molar-refractivity contribution in [1.29, 1.82) is 0 Å². The Hall–Kier alpha value is -5.18. The van der Waals surface area contributed by atoms with Gasteiger partial charge in [0.2, 0.25) is 11.3 Å². The van der Waals surface area contributed by atoms with E-state index in [9.17, 15) is 53.0 Å². The summed E-state index contributed by atoms with van der Waals surface area (Å²) >= 11 is 1.69. The Morgan fingerprint density at radius 3 is 2.41 bits per heavy atom. The fourth-order valence-corrected chi connectivity index (χ4v) is 11.2. The first kappa shape index (κ1) is 52.2. The number of aliphatic hydroxyl groups is 2. The molecule has 3 aliphatic rings. The van der Waals surface area contributed by atoms with Crippen molar-refractivity contribution in [1.82, 2.24) is 24.3 Å². The van der Waals surface area contributed by atoms with E-state index in [2.05, 4.69) is 71.7 Å². The van der Waals surface area contributed by atoms with Gasteiger partial charge >= 0.3 is 21.3 Å². The second-order valence-corrected chi connectivity index (χ2v) is 21.2. The SMILES string of the molecule is CN(CCCC(=O)NCC#Cc1cn([C@@H]2O[C@H](COP(=O)(O)OP(=O)(O)OP(=O)([O-])O)[C@@H](O)[C@H]2O)c(=O)nc1N)C(=O)c1ccccc1-c1c2ccc(=[N+](C)C)cc-2sc2cc(N(C)C)ccc12. The largest absolute Gasteiger partial charge is 0.756 e. The third-order valence-electron chi connectivity index (χ3n) is 10.4. The minimum Gasteiger partial charge on any atom is -0.756 e. The van der Waals surface area contributed by atoms with E-state index >= 15 is 0 Å². The van der Waals surface area contributed by atoms with Crippen molar-refractivity contribution < 1.29 is 71.0 Å². The molecule has 7 atom stereocenters. The van der Waals surface area contributed by atoms with Crippen molar-refractivity contribution >= 4 is 68.2 Å². The average Bonchev–Trinajstić information content (AvgIpc) is 3.53. The van der Waals surface area contributed by atoms with Crippen LogP contribution in [0.4, 0.5) is 11.5 Å². The zero-order valence-corrected chi connectivity index (χ0v) is 40.5. The Bertz CT molecular complexity index is 3060. The molecular formula is C41H48N7O16P3S. The van der Waals surface area contributed by atoms with Crippen LogP contribution in [0.1, 0.15) is 35.0 Å². The third-order valence-corrected chi connectivity index (χ3v) is 15.3. The highest BCUT2D eigenvalue weighted by Crippen LogP contribution is 2.65. The van der Waals surface area contributed by atoms with Crippen LogP contribution < -0.4 is 36.5 Å². The number of hydrogen-bond acceptors (Lipinski definition) is 17. The highest BCUT2D eigenvalue weighted by molar-refractivity contribution is 7.66. The fourth-order valence-electron chi connectivity index (χ4n) is 7.08. The Balaban J connectivity index is 1.07.